The Labute approximate surface area is 134 Å². The second kappa shape index (κ2) is 7.45. The molecule has 0 saturated carbocycles. The number of thioether (sulfide) groups is 1. The van der Waals surface area contributed by atoms with Gasteiger partial charge in [0.15, 0.2) is 0 Å². The summed E-state index contributed by atoms with van der Waals surface area (Å²) < 4.78 is 13.1. The summed E-state index contributed by atoms with van der Waals surface area (Å²) >= 11 is 1.58. The molecule has 0 N–H and O–H groups in total. The highest BCUT2D eigenvalue weighted by Gasteiger charge is 2.34. The van der Waals surface area contributed by atoms with E-state index >= 15 is 0 Å². The van der Waals surface area contributed by atoms with E-state index in [9.17, 15) is 14.0 Å². The molecule has 1 aromatic rings. The molecule has 2 amide bonds. The van der Waals surface area contributed by atoms with Gasteiger partial charge < -0.3 is 9.80 Å². The van der Waals surface area contributed by atoms with Gasteiger partial charge in [-0.05, 0) is 17.7 Å². The average molecular weight is 322 g/mol. The lowest BCUT2D eigenvalue weighted by atomic mass is 10.2. The predicted octanol–water partition coefficient (Wildman–Crippen LogP) is 2.22. The van der Waals surface area contributed by atoms with E-state index in [0.29, 0.717) is 17.2 Å². The maximum absolute atomic E-state index is 13.1. The van der Waals surface area contributed by atoms with Gasteiger partial charge in [-0.15, -0.1) is 11.8 Å². The summed E-state index contributed by atoms with van der Waals surface area (Å²) in [7, 11) is 3.38. The Morgan fingerprint density at radius 3 is 2.91 bits per heavy atom. The van der Waals surface area contributed by atoms with Crippen molar-refractivity contribution in [2.45, 2.75) is 12.5 Å². The summed E-state index contributed by atoms with van der Waals surface area (Å²) in [6.07, 6.45) is 3.62. The summed E-state index contributed by atoms with van der Waals surface area (Å²) in [5.41, 5.74) is 0.713. The third kappa shape index (κ3) is 4.10. The van der Waals surface area contributed by atoms with Crippen LogP contribution in [0.2, 0.25) is 0 Å². The van der Waals surface area contributed by atoms with E-state index in [1.54, 1.807) is 55.0 Å². The Balaban J connectivity index is 1.95. The van der Waals surface area contributed by atoms with Gasteiger partial charge in [-0.2, -0.15) is 0 Å². The molecule has 22 heavy (non-hydrogen) atoms. The van der Waals surface area contributed by atoms with Crippen molar-refractivity contribution >= 4 is 29.7 Å². The van der Waals surface area contributed by atoms with Crippen LogP contribution in [0.15, 0.2) is 30.3 Å². The van der Waals surface area contributed by atoms with Crippen LogP contribution in [0, 0.1) is 5.82 Å². The van der Waals surface area contributed by atoms with Crippen LogP contribution in [0.4, 0.5) is 4.39 Å². The van der Waals surface area contributed by atoms with Crippen molar-refractivity contribution in [3.63, 3.8) is 0 Å². The first-order valence-electron chi connectivity index (χ1n) is 6.99. The summed E-state index contributed by atoms with van der Waals surface area (Å²) in [6.45, 7) is 0. The van der Waals surface area contributed by atoms with E-state index in [2.05, 4.69) is 0 Å². The fourth-order valence-corrected chi connectivity index (χ4v) is 3.39. The fourth-order valence-electron chi connectivity index (χ4n) is 2.21. The molecule has 0 aromatic heterocycles. The van der Waals surface area contributed by atoms with E-state index in [1.807, 2.05) is 0 Å². The molecule has 118 valence electrons. The lowest BCUT2D eigenvalue weighted by Crippen LogP contribution is -2.46. The third-order valence-corrected chi connectivity index (χ3v) is 4.39. The summed E-state index contributed by atoms with van der Waals surface area (Å²) in [6, 6.07) is 5.80. The van der Waals surface area contributed by atoms with Crippen molar-refractivity contribution in [2.24, 2.45) is 0 Å². The van der Waals surface area contributed by atoms with Crippen molar-refractivity contribution in [1.82, 2.24) is 9.80 Å². The van der Waals surface area contributed by atoms with Crippen molar-refractivity contribution in [3.8, 4) is 0 Å². The average Bonchev–Trinajstić information content (AvgIpc) is 2.95. The molecule has 0 aliphatic carbocycles. The number of carbonyl (C=O) groups excluding carboxylic acids is 2. The van der Waals surface area contributed by atoms with Gasteiger partial charge in [0.1, 0.15) is 11.9 Å². The second-order valence-corrected chi connectivity index (χ2v) is 6.27. The first-order chi connectivity index (χ1) is 10.5. The lowest BCUT2D eigenvalue weighted by molar-refractivity contribution is -0.141. The van der Waals surface area contributed by atoms with Gasteiger partial charge >= 0.3 is 0 Å². The van der Waals surface area contributed by atoms with Crippen molar-refractivity contribution in [1.29, 1.82) is 0 Å². The predicted molar refractivity (Wildman–Crippen MR) is 86.7 cm³/mol. The number of carbonyl (C=O) groups is 2. The highest BCUT2D eigenvalue weighted by atomic mass is 32.2. The number of likely N-dealkylation sites (N-methyl/N-ethyl adjacent to an activating group) is 1. The molecule has 4 nitrogen and oxygen atoms in total. The van der Waals surface area contributed by atoms with E-state index < -0.39 is 0 Å². The topological polar surface area (TPSA) is 40.6 Å². The van der Waals surface area contributed by atoms with Crippen LogP contribution in [-0.2, 0) is 9.59 Å². The van der Waals surface area contributed by atoms with E-state index in [4.69, 9.17) is 0 Å². The zero-order valence-corrected chi connectivity index (χ0v) is 13.5. The van der Waals surface area contributed by atoms with Crippen molar-refractivity contribution < 1.29 is 14.0 Å². The van der Waals surface area contributed by atoms with Gasteiger partial charge in [0.2, 0.25) is 11.8 Å². The summed E-state index contributed by atoms with van der Waals surface area (Å²) in [4.78, 5) is 27.4. The summed E-state index contributed by atoms with van der Waals surface area (Å²) in [5.74, 6) is 0.735. The maximum Gasteiger partial charge on any atom is 0.245 e. The minimum absolute atomic E-state index is 0.0486. The minimum Gasteiger partial charge on any atom is -0.347 e. The molecule has 1 aromatic carbocycles. The van der Waals surface area contributed by atoms with Gasteiger partial charge in [-0.3, -0.25) is 9.59 Å². The van der Waals surface area contributed by atoms with Crippen LogP contribution < -0.4 is 0 Å². The highest BCUT2D eigenvalue weighted by molar-refractivity contribution is 7.99. The summed E-state index contributed by atoms with van der Waals surface area (Å²) in [5, 5.41) is 0. The SMILES string of the molecule is CN(C)C(=O)[C@H]1CSCN1C(=O)C/C=C/c1cccc(F)c1. The molecule has 6 heteroatoms. The van der Waals surface area contributed by atoms with Crippen LogP contribution in [0.1, 0.15) is 12.0 Å². The number of nitrogens with zero attached hydrogens (tertiary/aromatic N) is 2. The number of benzene rings is 1. The van der Waals surface area contributed by atoms with Crippen LogP contribution in [0.3, 0.4) is 0 Å². The van der Waals surface area contributed by atoms with E-state index in [1.165, 1.54) is 17.0 Å². The molecule has 1 heterocycles. The van der Waals surface area contributed by atoms with E-state index in [-0.39, 0.29) is 30.1 Å². The second-order valence-electron chi connectivity index (χ2n) is 5.27. The monoisotopic (exact) mass is 322 g/mol. The molecular weight excluding hydrogens is 303 g/mol. The van der Waals surface area contributed by atoms with Gasteiger partial charge in [-0.1, -0.05) is 24.3 Å². The Bertz CT molecular complexity index is 589. The van der Waals surface area contributed by atoms with Crippen LogP contribution in [0.25, 0.3) is 6.08 Å². The molecular formula is C16H19FN2O2S. The fraction of sp³-hybridized carbons (Fsp3) is 0.375. The largest absolute Gasteiger partial charge is 0.347 e. The number of amides is 2. The number of hydrogen-bond acceptors (Lipinski definition) is 3. The van der Waals surface area contributed by atoms with Gasteiger partial charge in [0.05, 0.1) is 5.88 Å². The normalized spacial score (nSPS) is 18.0. The Morgan fingerprint density at radius 2 is 2.23 bits per heavy atom. The van der Waals surface area contributed by atoms with Crippen LogP contribution in [0.5, 0.6) is 0 Å². The number of halogens is 1. The highest BCUT2D eigenvalue weighted by Crippen LogP contribution is 2.23. The molecule has 2 rings (SSSR count). The van der Waals surface area contributed by atoms with Crippen LogP contribution >= 0.6 is 11.8 Å². The Kier molecular flexibility index (Phi) is 5.60. The molecule has 0 bridgehead atoms. The zero-order valence-electron chi connectivity index (χ0n) is 12.7. The molecule has 0 radical (unpaired) electrons. The molecule has 1 fully saturated rings. The minimum atomic E-state index is -0.380. The van der Waals surface area contributed by atoms with Gasteiger partial charge in [-0.25, -0.2) is 4.39 Å². The number of rotatable bonds is 4. The molecule has 1 atom stereocenters. The standard InChI is InChI=1S/C16H19FN2O2S/c1-18(2)16(21)14-10-22-11-19(14)15(20)8-4-6-12-5-3-7-13(17)9-12/h3-7,9,14H,8,10-11H2,1-2H3/b6-4+/t14-/m1/s1. The smallest absolute Gasteiger partial charge is 0.245 e. The zero-order chi connectivity index (χ0) is 16.1. The molecule has 1 aliphatic heterocycles. The third-order valence-electron chi connectivity index (χ3n) is 3.38. The first-order valence-corrected chi connectivity index (χ1v) is 8.15. The lowest BCUT2D eigenvalue weighted by Gasteiger charge is -2.25. The maximum atomic E-state index is 13.1. The van der Waals surface area contributed by atoms with Gasteiger partial charge in [0.25, 0.3) is 0 Å². The van der Waals surface area contributed by atoms with Crippen molar-refractivity contribution in [3.05, 3.63) is 41.7 Å². The quantitative estimate of drug-likeness (QED) is 0.853. The molecule has 1 saturated heterocycles. The van der Waals surface area contributed by atoms with Crippen molar-refractivity contribution in [2.75, 3.05) is 25.7 Å². The van der Waals surface area contributed by atoms with Crippen LogP contribution in [-0.4, -0.2) is 53.4 Å². The van der Waals surface area contributed by atoms with Gasteiger partial charge in [0, 0.05) is 26.3 Å². The Hall–Kier alpha value is -1.82. The Morgan fingerprint density at radius 1 is 1.45 bits per heavy atom. The molecule has 0 spiro atoms. The molecule has 0 unspecified atom stereocenters. The first kappa shape index (κ1) is 16.5. The number of hydrogen-bond donors (Lipinski definition) is 0. The van der Waals surface area contributed by atoms with E-state index in [0.717, 1.165) is 0 Å². The molecule has 1 aliphatic rings.